The van der Waals surface area contributed by atoms with Crippen LogP contribution in [0, 0.1) is 11.3 Å². The van der Waals surface area contributed by atoms with Crippen molar-refractivity contribution in [3.63, 3.8) is 0 Å². The molecule has 3 aromatic rings. The van der Waals surface area contributed by atoms with Crippen molar-refractivity contribution in [1.29, 1.82) is 0 Å². The van der Waals surface area contributed by atoms with Crippen molar-refractivity contribution in [3.8, 4) is 0 Å². The highest BCUT2D eigenvalue weighted by atomic mass is 16.3. The third-order valence-corrected chi connectivity index (χ3v) is 11.2. The van der Waals surface area contributed by atoms with Gasteiger partial charge in [0, 0.05) is 40.5 Å². The molecule has 2 saturated heterocycles. The fourth-order valence-electron chi connectivity index (χ4n) is 9.59. The van der Waals surface area contributed by atoms with E-state index in [1.807, 2.05) is 6.20 Å². The molecule has 8 rings (SSSR count). The Morgan fingerprint density at radius 3 is 2.71 bits per heavy atom. The number of benzene rings is 1. The fraction of sp³-hybridized carbons (Fsp3) is 0.528. The summed E-state index contributed by atoms with van der Waals surface area (Å²) >= 11 is 0. The predicted octanol–water partition coefficient (Wildman–Crippen LogP) is 6.86. The Hall–Kier alpha value is -2.73. The lowest BCUT2D eigenvalue weighted by Gasteiger charge is -2.58. The molecule has 6 heterocycles. The van der Waals surface area contributed by atoms with Gasteiger partial charge in [-0.15, -0.1) is 0 Å². The first-order valence-electron chi connectivity index (χ1n) is 16.3. The summed E-state index contributed by atoms with van der Waals surface area (Å²) in [4.78, 5) is 14.4. The number of nitrogens with zero attached hydrogens (tertiary/aromatic N) is 3. The van der Waals surface area contributed by atoms with E-state index >= 15 is 0 Å². The van der Waals surface area contributed by atoms with E-state index in [0.29, 0.717) is 12.0 Å². The standard InChI is InChI=1S/C36H44N4O/c41-36-18-10-4-1-2-5-11-20-39-22-17-30(35(25-39)23-26-13-7-3-6-12-21-40(26)34(35)36)29(24-36)32-33-28(16-19-37-32)27-14-8-9-15-31(27)38-33/h1,4,7-9,13-16,19,24,26,30,34,38,41H,2-3,5-6,10-12,17-18,20-23,25H2/b4-1+,13-7?/t26-,30-,34+,35-,36-/m0/s1. The number of allylic oxidation sites excluding steroid dienone is 4. The molecule has 5 heteroatoms. The normalized spacial score (nSPS) is 36.9. The van der Waals surface area contributed by atoms with Crippen molar-refractivity contribution >= 4 is 27.4 Å². The lowest BCUT2D eigenvalue weighted by atomic mass is 9.54. The van der Waals surface area contributed by atoms with Crippen LogP contribution in [0.2, 0.25) is 0 Å². The van der Waals surface area contributed by atoms with Crippen LogP contribution in [0.4, 0.5) is 0 Å². The monoisotopic (exact) mass is 548 g/mol. The molecule has 6 atom stereocenters. The molecule has 3 bridgehead atoms. The average molecular weight is 549 g/mol. The number of aliphatic hydroxyl groups is 1. The van der Waals surface area contributed by atoms with Crippen molar-refractivity contribution in [2.24, 2.45) is 11.3 Å². The molecule has 41 heavy (non-hydrogen) atoms. The Morgan fingerprint density at radius 1 is 0.902 bits per heavy atom. The molecule has 1 aromatic carbocycles. The van der Waals surface area contributed by atoms with Gasteiger partial charge in [0.15, 0.2) is 0 Å². The van der Waals surface area contributed by atoms with Gasteiger partial charge < -0.3 is 15.0 Å². The predicted molar refractivity (Wildman–Crippen MR) is 168 cm³/mol. The number of hydrogen-bond donors (Lipinski definition) is 2. The minimum Gasteiger partial charge on any atom is -0.384 e. The Kier molecular flexibility index (Phi) is 6.46. The summed E-state index contributed by atoms with van der Waals surface area (Å²) in [5.74, 6) is 0.385. The number of piperidine rings is 1. The van der Waals surface area contributed by atoms with Gasteiger partial charge in [-0.1, -0.05) is 42.5 Å². The number of fused-ring (bicyclic) bond motifs is 5. The Balaban J connectivity index is 1.35. The van der Waals surface area contributed by atoms with Crippen LogP contribution in [0.15, 0.2) is 66.9 Å². The molecule has 1 aliphatic carbocycles. The maximum absolute atomic E-state index is 13.1. The molecule has 1 spiro atoms. The molecule has 0 saturated carbocycles. The molecule has 2 N–H and O–H groups in total. The molecule has 4 aliphatic heterocycles. The molecule has 214 valence electrons. The zero-order valence-electron chi connectivity index (χ0n) is 24.3. The van der Waals surface area contributed by atoms with Gasteiger partial charge >= 0.3 is 0 Å². The van der Waals surface area contributed by atoms with Crippen LogP contribution in [0.3, 0.4) is 0 Å². The highest BCUT2D eigenvalue weighted by Gasteiger charge is 2.65. The molecule has 5 nitrogen and oxygen atoms in total. The number of H-pyrrole nitrogens is 1. The quantitative estimate of drug-likeness (QED) is 0.326. The number of nitrogens with one attached hydrogen (secondary N) is 1. The first-order chi connectivity index (χ1) is 20.2. The first kappa shape index (κ1) is 25.9. The second kappa shape index (κ2) is 10.2. The highest BCUT2D eigenvalue weighted by molar-refractivity contribution is 6.09. The van der Waals surface area contributed by atoms with E-state index in [2.05, 4.69) is 75.5 Å². The van der Waals surface area contributed by atoms with Crippen LogP contribution in [-0.4, -0.2) is 68.7 Å². The third-order valence-electron chi connectivity index (χ3n) is 11.2. The molecular formula is C36H44N4O. The van der Waals surface area contributed by atoms with Crippen LogP contribution in [0.25, 0.3) is 27.4 Å². The number of para-hydroxylation sites is 1. The second-order valence-electron chi connectivity index (χ2n) is 13.5. The number of aromatic amines is 1. The van der Waals surface area contributed by atoms with Crippen LogP contribution in [0.5, 0.6) is 0 Å². The Labute approximate surface area is 244 Å². The van der Waals surface area contributed by atoms with E-state index in [4.69, 9.17) is 4.98 Å². The van der Waals surface area contributed by atoms with Gasteiger partial charge in [-0.05, 0) is 114 Å². The number of hydrogen-bond acceptors (Lipinski definition) is 4. The summed E-state index contributed by atoms with van der Waals surface area (Å²) in [6.45, 7) is 4.47. The number of aromatic nitrogens is 2. The van der Waals surface area contributed by atoms with Gasteiger partial charge in [0.2, 0.25) is 0 Å². The van der Waals surface area contributed by atoms with Crippen molar-refractivity contribution < 1.29 is 5.11 Å². The van der Waals surface area contributed by atoms with Crippen molar-refractivity contribution in [2.45, 2.75) is 81.9 Å². The van der Waals surface area contributed by atoms with E-state index in [1.165, 1.54) is 55.0 Å². The second-order valence-corrected chi connectivity index (χ2v) is 13.5. The molecule has 0 radical (unpaired) electrons. The first-order valence-corrected chi connectivity index (χ1v) is 16.3. The topological polar surface area (TPSA) is 55.4 Å². The van der Waals surface area contributed by atoms with E-state index in [9.17, 15) is 5.11 Å². The van der Waals surface area contributed by atoms with Crippen LogP contribution >= 0.6 is 0 Å². The van der Waals surface area contributed by atoms with Gasteiger partial charge in [0.05, 0.1) is 22.9 Å². The van der Waals surface area contributed by atoms with E-state index in [-0.39, 0.29) is 11.5 Å². The van der Waals surface area contributed by atoms with Crippen molar-refractivity contribution in [3.05, 3.63) is 72.6 Å². The molecule has 2 aromatic heterocycles. The smallest absolute Gasteiger partial charge is 0.0998 e. The van der Waals surface area contributed by atoms with Crippen molar-refractivity contribution in [2.75, 3.05) is 26.2 Å². The maximum Gasteiger partial charge on any atom is 0.0998 e. The van der Waals surface area contributed by atoms with E-state index in [1.54, 1.807) is 0 Å². The van der Waals surface area contributed by atoms with Gasteiger partial charge in [-0.3, -0.25) is 9.88 Å². The van der Waals surface area contributed by atoms with Crippen molar-refractivity contribution in [1.82, 2.24) is 19.8 Å². The van der Waals surface area contributed by atoms with Gasteiger partial charge in [0.1, 0.15) is 0 Å². The summed E-state index contributed by atoms with van der Waals surface area (Å²) in [6, 6.07) is 11.3. The average Bonchev–Trinajstić information content (AvgIpc) is 3.49. The van der Waals surface area contributed by atoms with E-state index in [0.717, 1.165) is 68.5 Å². The zero-order chi connectivity index (χ0) is 27.4. The van der Waals surface area contributed by atoms with Gasteiger partial charge in [-0.25, -0.2) is 0 Å². The van der Waals surface area contributed by atoms with Crippen LogP contribution in [-0.2, 0) is 0 Å². The summed E-state index contributed by atoms with van der Waals surface area (Å²) in [5, 5.41) is 15.5. The van der Waals surface area contributed by atoms with Gasteiger partial charge in [-0.2, -0.15) is 0 Å². The SMILES string of the molecule is O[C@]12C=C(c3nccc4c3[nH]c3ccccc34)[C@@H]3CCN(CCCC/C=C/CC1)C[C@@]31C[C@@H]3C=CCCCCN3[C@H]12. The summed E-state index contributed by atoms with van der Waals surface area (Å²) in [6.07, 6.45) is 25.2. The minimum atomic E-state index is -0.898. The highest BCUT2D eigenvalue weighted by Crippen LogP contribution is 2.61. The van der Waals surface area contributed by atoms with Gasteiger partial charge in [0.25, 0.3) is 0 Å². The molecule has 5 aliphatic rings. The van der Waals surface area contributed by atoms with Crippen LogP contribution in [0.1, 0.15) is 69.9 Å². The number of rotatable bonds is 1. The Morgan fingerprint density at radius 2 is 1.76 bits per heavy atom. The lowest BCUT2D eigenvalue weighted by Crippen LogP contribution is -2.65. The molecule has 0 amide bonds. The Bertz CT molecular complexity index is 1530. The summed E-state index contributed by atoms with van der Waals surface area (Å²) < 4.78 is 0. The maximum atomic E-state index is 13.1. The fourth-order valence-corrected chi connectivity index (χ4v) is 9.59. The number of pyridine rings is 1. The molecule has 1 unspecified atom stereocenters. The summed E-state index contributed by atoms with van der Waals surface area (Å²) in [5.41, 5.74) is 3.74. The lowest BCUT2D eigenvalue weighted by molar-refractivity contribution is -0.0894. The minimum absolute atomic E-state index is 0.00403. The third kappa shape index (κ3) is 4.18. The molecule has 2 fully saturated rings. The van der Waals surface area contributed by atoms with Crippen LogP contribution < -0.4 is 0 Å². The summed E-state index contributed by atoms with van der Waals surface area (Å²) in [7, 11) is 0. The van der Waals surface area contributed by atoms with E-state index < -0.39 is 5.60 Å². The zero-order valence-corrected chi connectivity index (χ0v) is 24.3. The largest absolute Gasteiger partial charge is 0.384 e. The molecular weight excluding hydrogens is 504 g/mol.